The summed E-state index contributed by atoms with van der Waals surface area (Å²) >= 11 is 0. The Morgan fingerprint density at radius 3 is 2.28 bits per heavy atom. The number of nitrogens with zero attached hydrogens (tertiary/aromatic N) is 2. The average molecular weight is 454 g/mol. The van der Waals surface area contributed by atoms with Gasteiger partial charge in [0.1, 0.15) is 0 Å². The van der Waals surface area contributed by atoms with E-state index in [9.17, 15) is 14.0 Å². The molecule has 4 aliphatic rings. The van der Waals surface area contributed by atoms with Gasteiger partial charge in [0.15, 0.2) is 5.67 Å². The first kappa shape index (κ1) is 25.4. The van der Waals surface area contributed by atoms with E-state index in [0.29, 0.717) is 43.9 Å². The third kappa shape index (κ3) is 5.64. The Bertz CT molecular complexity index is 647. The molecule has 5 unspecified atom stereocenters. The number of hydrogen-bond acceptors (Lipinski definition) is 4. The molecule has 2 heterocycles. The molecule has 6 nitrogen and oxygen atoms in total. The van der Waals surface area contributed by atoms with Crippen molar-refractivity contribution in [2.45, 2.75) is 96.4 Å². The predicted octanol–water partition coefficient (Wildman–Crippen LogP) is 3.39. The lowest BCUT2D eigenvalue weighted by Gasteiger charge is -2.54. The van der Waals surface area contributed by atoms with Gasteiger partial charge in [0, 0.05) is 25.4 Å². The highest BCUT2D eigenvalue weighted by Crippen LogP contribution is 2.41. The van der Waals surface area contributed by atoms with Crippen LogP contribution in [0.4, 0.5) is 4.39 Å². The van der Waals surface area contributed by atoms with Gasteiger partial charge in [0.25, 0.3) is 0 Å². The molecule has 184 valence electrons. The van der Waals surface area contributed by atoms with Gasteiger partial charge in [-0.15, -0.1) is 0 Å². The minimum Gasteiger partial charge on any atom is -0.375 e. The van der Waals surface area contributed by atoms with Crippen LogP contribution in [0.15, 0.2) is 0 Å². The Kier molecular flexibility index (Phi) is 8.59. The molecule has 4 fully saturated rings. The van der Waals surface area contributed by atoms with Crippen LogP contribution >= 0.6 is 0 Å². The molecule has 0 bridgehead atoms. The van der Waals surface area contributed by atoms with Crippen molar-refractivity contribution >= 4 is 11.8 Å². The predicted molar refractivity (Wildman–Crippen MR) is 124 cm³/mol. The van der Waals surface area contributed by atoms with Gasteiger partial charge in [0.2, 0.25) is 11.8 Å². The lowest BCUT2D eigenvalue weighted by molar-refractivity contribution is -0.155. The molecule has 2 amide bonds. The van der Waals surface area contributed by atoms with E-state index in [0.717, 1.165) is 32.2 Å². The smallest absolute Gasteiger partial charge is 0.226 e. The molecule has 0 aromatic carbocycles. The van der Waals surface area contributed by atoms with Gasteiger partial charge in [0.05, 0.1) is 25.3 Å². The molecule has 32 heavy (non-hydrogen) atoms. The van der Waals surface area contributed by atoms with Crippen molar-refractivity contribution in [3.63, 3.8) is 0 Å². The van der Waals surface area contributed by atoms with Gasteiger partial charge < -0.3 is 19.9 Å². The zero-order valence-corrected chi connectivity index (χ0v) is 20.7. The van der Waals surface area contributed by atoms with Crippen molar-refractivity contribution in [1.82, 2.24) is 15.1 Å². The van der Waals surface area contributed by atoms with Crippen LogP contribution in [0.5, 0.6) is 0 Å². The van der Waals surface area contributed by atoms with Crippen LogP contribution in [0.2, 0.25) is 0 Å². The summed E-state index contributed by atoms with van der Waals surface area (Å²) in [5.41, 5.74) is -0.958. The quantitative estimate of drug-likeness (QED) is 0.670. The number of halogens is 1. The van der Waals surface area contributed by atoms with Crippen molar-refractivity contribution < 1.29 is 18.7 Å². The zero-order chi connectivity index (χ0) is 23.5. The first-order chi connectivity index (χ1) is 15.2. The van der Waals surface area contributed by atoms with Gasteiger partial charge in [-0.1, -0.05) is 20.3 Å². The molecule has 2 saturated carbocycles. The second-order valence-electron chi connectivity index (χ2n) is 10.5. The third-order valence-corrected chi connectivity index (χ3v) is 8.10. The first-order valence-corrected chi connectivity index (χ1v) is 12.7. The van der Waals surface area contributed by atoms with Crippen LogP contribution in [0.1, 0.15) is 72.6 Å². The summed E-state index contributed by atoms with van der Waals surface area (Å²) in [7, 11) is 2.02. The lowest BCUT2D eigenvalue weighted by Crippen LogP contribution is -2.67. The van der Waals surface area contributed by atoms with Gasteiger partial charge in [-0.25, -0.2) is 4.39 Å². The fourth-order valence-corrected chi connectivity index (χ4v) is 5.88. The summed E-state index contributed by atoms with van der Waals surface area (Å²) in [4.78, 5) is 29.4. The van der Waals surface area contributed by atoms with Crippen LogP contribution < -0.4 is 5.32 Å². The van der Waals surface area contributed by atoms with Crippen molar-refractivity contribution in [1.29, 1.82) is 0 Å². The van der Waals surface area contributed by atoms with E-state index < -0.39 is 5.67 Å². The van der Waals surface area contributed by atoms with Crippen LogP contribution in [-0.4, -0.2) is 78.8 Å². The Morgan fingerprint density at radius 2 is 1.84 bits per heavy atom. The molecule has 0 spiro atoms. The molecule has 7 heteroatoms. The van der Waals surface area contributed by atoms with E-state index in [-0.39, 0.29) is 30.0 Å². The molecular weight excluding hydrogens is 409 g/mol. The SMILES string of the molecule is CCC(CNC)C1CCC2C(C1)N(C(=O)C1CC1)CC(C)N2C(C)=O.CCC1(F)COC1. The van der Waals surface area contributed by atoms with Crippen LogP contribution in [0, 0.1) is 17.8 Å². The molecular formula is C25H44FN3O3. The van der Waals surface area contributed by atoms with Gasteiger partial charge in [-0.3, -0.25) is 9.59 Å². The summed E-state index contributed by atoms with van der Waals surface area (Å²) < 4.78 is 17.2. The zero-order valence-electron chi connectivity index (χ0n) is 20.7. The highest BCUT2D eigenvalue weighted by atomic mass is 19.1. The van der Waals surface area contributed by atoms with Crippen LogP contribution in [-0.2, 0) is 14.3 Å². The lowest BCUT2D eigenvalue weighted by atomic mass is 9.72. The number of rotatable bonds is 6. The minimum absolute atomic E-state index is 0.136. The van der Waals surface area contributed by atoms with E-state index in [1.54, 1.807) is 6.92 Å². The van der Waals surface area contributed by atoms with E-state index in [2.05, 4.69) is 33.7 Å². The molecule has 2 saturated heterocycles. The number of hydrogen-bond donors (Lipinski definition) is 1. The number of fused-ring (bicyclic) bond motifs is 1. The molecule has 0 radical (unpaired) electrons. The third-order valence-electron chi connectivity index (χ3n) is 8.10. The number of carbonyl (C=O) groups excluding carboxylic acids is 2. The van der Waals surface area contributed by atoms with E-state index in [4.69, 9.17) is 0 Å². The maximum atomic E-state index is 12.9. The summed E-state index contributed by atoms with van der Waals surface area (Å²) in [6.45, 7) is 10.3. The standard InChI is InChI=1S/C20H35N3O2.C5H9FO/c1-5-15(11-21-4)17-8-9-18-19(10-17)22(20(25)16-6-7-16)12-13(2)23(18)14(3)24;1-2-5(6)3-7-4-5/h13,15-19,21H,5-12H2,1-4H3;2-4H2,1H3. The first-order valence-electron chi connectivity index (χ1n) is 12.7. The van der Waals surface area contributed by atoms with Crippen molar-refractivity contribution in [2.24, 2.45) is 17.8 Å². The average Bonchev–Trinajstić information content (AvgIpc) is 3.60. The van der Waals surface area contributed by atoms with Crippen molar-refractivity contribution in [3.8, 4) is 0 Å². The minimum atomic E-state index is -0.958. The maximum absolute atomic E-state index is 12.9. The molecule has 5 atom stereocenters. The van der Waals surface area contributed by atoms with Gasteiger partial charge in [-0.05, 0) is 70.9 Å². The molecule has 1 N–H and O–H groups in total. The Labute approximate surface area is 193 Å². The Hall–Kier alpha value is -1.21. The summed E-state index contributed by atoms with van der Waals surface area (Å²) in [6, 6.07) is 0.572. The topological polar surface area (TPSA) is 61.9 Å². The number of nitrogens with one attached hydrogen (secondary N) is 1. The number of piperazine rings is 1. The van der Waals surface area contributed by atoms with E-state index in [1.165, 1.54) is 12.8 Å². The normalized spacial score (nSPS) is 32.2. The second-order valence-corrected chi connectivity index (χ2v) is 10.5. The van der Waals surface area contributed by atoms with Crippen LogP contribution in [0.25, 0.3) is 0 Å². The van der Waals surface area contributed by atoms with Gasteiger partial charge in [-0.2, -0.15) is 0 Å². The number of amides is 2. The molecule has 2 aliphatic carbocycles. The van der Waals surface area contributed by atoms with E-state index >= 15 is 0 Å². The number of carbonyl (C=O) groups is 2. The largest absolute Gasteiger partial charge is 0.375 e. The number of ether oxygens (including phenoxy) is 1. The fraction of sp³-hybridized carbons (Fsp3) is 0.920. The van der Waals surface area contributed by atoms with Crippen LogP contribution in [0.3, 0.4) is 0 Å². The molecule has 2 aliphatic heterocycles. The Morgan fingerprint density at radius 1 is 1.16 bits per heavy atom. The monoisotopic (exact) mass is 453 g/mol. The molecule has 0 aromatic rings. The summed E-state index contributed by atoms with van der Waals surface area (Å²) in [5, 5.41) is 3.34. The van der Waals surface area contributed by atoms with Gasteiger partial charge >= 0.3 is 0 Å². The summed E-state index contributed by atoms with van der Waals surface area (Å²) in [5.74, 6) is 2.09. The summed E-state index contributed by atoms with van der Waals surface area (Å²) in [6.07, 6.45) is 7.13. The number of alkyl halides is 1. The van der Waals surface area contributed by atoms with E-state index in [1.807, 2.05) is 14.0 Å². The Balaban J connectivity index is 0.000000352. The fourth-order valence-electron chi connectivity index (χ4n) is 5.88. The van der Waals surface area contributed by atoms with Crippen molar-refractivity contribution in [2.75, 3.05) is 33.4 Å². The molecule has 4 rings (SSSR count). The maximum Gasteiger partial charge on any atom is 0.226 e. The highest BCUT2D eigenvalue weighted by molar-refractivity contribution is 5.82. The second kappa shape index (κ2) is 10.8. The highest BCUT2D eigenvalue weighted by Gasteiger charge is 2.49. The molecule has 0 aromatic heterocycles. The van der Waals surface area contributed by atoms with Crippen molar-refractivity contribution in [3.05, 3.63) is 0 Å².